The fourth-order valence-corrected chi connectivity index (χ4v) is 3.63. The molecule has 0 spiro atoms. The summed E-state index contributed by atoms with van der Waals surface area (Å²) in [5.74, 6) is 0. The third kappa shape index (κ3) is 3.09. The molecule has 19 heavy (non-hydrogen) atoms. The van der Waals surface area contributed by atoms with E-state index in [0.29, 0.717) is 24.7 Å². The van der Waals surface area contributed by atoms with Crippen LogP contribution in [-0.4, -0.2) is 50.8 Å². The van der Waals surface area contributed by atoms with Crippen molar-refractivity contribution in [2.75, 3.05) is 33.7 Å². The molecular formula is C12H18ClN3O2S. The number of nitrogens with one attached hydrogen (secondary N) is 1. The van der Waals surface area contributed by atoms with Crippen molar-refractivity contribution in [3.8, 4) is 0 Å². The Morgan fingerprint density at radius 2 is 2.16 bits per heavy atom. The number of halogens is 1. The van der Waals surface area contributed by atoms with Crippen LogP contribution in [0.2, 0.25) is 5.02 Å². The lowest BCUT2D eigenvalue weighted by molar-refractivity contribution is 0.257. The fourth-order valence-electron chi connectivity index (χ4n) is 2.17. The highest BCUT2D eigenvalue weighted by Crippen LogP contribution is 2.27. The fraction of sp³-hybridized carbons (Fsp3) is 0.500. The second kappa shape index (κ2) is 5.76. The van der Waals surface area contributed by atoms with Gasteiger partial charge >= 0.3 is 0 Å². The van der Waals surface area contributed by atoms with Crippen LogP contribution in [0.3, 0.4) is 0 Å². The Morgan fingerprint density at radius 3 is 2.79 bits per heavy atom. The molecule has 0 radical (unpaired) electrons. The predicted octanol–water partition coefficient (Wildman–Crippen LogP) is 1.09. The molecule has 1 saturated heterocycles. The van der Waals surface area contributed by atoms with Crippen LogP contribution in [0.5, 0.6) is 0 Å². The van der Waals surface area contributed by atoms with E-state index in [0.717, 1.165) is 5.56 Å². The highest BCUT2D eigenvalue weighted by atomic mass is 35.5. The largest absolute Gasteiger partial charge is 0.313 e. The first-order valence-electron chi connectivity index (χ1n) is 6.08. The smallest absolute Gasteiger partial charge is 0.282 e. The lowest BCUT2D eigenvalue weighted by Gasteiger charge is -2.36. The van der Waals surface area contributed by atoms with E-state index in [1.165, 1.54) is 8.61 Å². The van der Waals surface area contributed by atoms with E-state index in [2.05, 4.69) is 5.32 Å². The number of benzene rings is 1. The van der Waals surface area contributed by atoms with E-state index >= 15 is 0 Å². The van der Waals surface area contributed by atoms with Crippen LogP contribution in [0.1, 0.15) is 11.6 Å². The molecule has 0 bridgehead atoms. The van der Waals surface area contributed by atoms with Gasteiger partial charge in [-0.05, 0) is 17.7 Å². The Balaban J connectivity index is 2.36. The molecule has 1 aromatic rings. The van der Waals surface area contributed by atoms with Gasteiger partial charge in [0.1, 0.15) is 0 Å². The van der Waals surface area contributed by atoms with Crippen LogP contribution < -0.4 is 5.32 Å². The first kappa shape index (κ1) is 14.7. The second-order valence-corrected chi connectivity index (χ2v) is 7.21. The summed E-state index contributed by atoms with van der Waals surface area (Å²) in [5, 5.41) is 3.84. The molecule has 1 unspecified atom stereocenters. The molecule has 1 aliphatic rings. The third-order valence-electron chi connectivity index (χ3n) is 3.19. The van der Waals surface area contributed by atoms with Gasteiger partial charge in [-0.1, -0.05) is 23.7 Å². The molecule has 0 amide bonds. The van der Waals surface area contributed by atoms with Crippen LogP contribution in [0.15, 0.2) is 24.3 Å². The summed E-state index contributed by atoms with van der Waals surface area (Å²) in [7, 11) is -0.331. The van der Waals surface area contributed by atoms with Gasteiger partial charge in [-0.3, -0.25) is 0 Å². The summed E-state index contributed by atoms with van der Waals surface area (Å²) in [4.78, 5) is 0. The average molecular weight is 304 g/mol. The lowest BCUT2D eigenvalue weighted by atomic mass is 10.1. The summed E-state index contributed by atoms with van der Waals surface area (Å²) >= 11 is 5.99. The second-order valence-electron chi connectivity index (χ2n) is 4.68. The summed E-state index contributed by atoms with van der Waals surface area (Å²) in [6, 6.07) is 7.12. The minimum atomic E-state index is -3.43. The standard InChI is InChI=1S/C12H18ClN3O2S/c1-15(2)19(17,18)16-7-6-14-9-12(16)10-4-3-5-11(13)8-10/h3-5,8,12,14H,6-7,9H2,1-2H3. The molecule has 5 nitrogen and oxygen atoms in total. The summed E-state index contributed by atoms with van der Waals surface area (Å²) in [5.41, 5.74) is 0.908. The molecule has 0 aliphatic carbocycles. The molecule has 1 heterocycles. The first-order chi connectivity index (χ1) is 8.93. The minimum absolute atomic E-state index is 0.222. The van der Waals surface area contributed by atoms with Crippen molar-refractivity contribution in [1.29, 1.82) is 0 Å². The monoisotopic (exact) mass is 303 g/mol. The molecule has 7 heteroatoms. The summed E-state index contributed by atoms with van der Waals surface area (Å²) < 4.78 is 27.5. The van der Waals surface area contributed by atoms with Crippen molar-refractivity contribution in [3.05, 3.63) is 34.9 Å². The summed E-state index contributed by atoms with van der Waals surface area (Å²) in [6.07, 6.45) is 0. The van der Waals surface area contributed by atoms with E-state index in [1.807, 2.05) is 18.2 Å². The van der Waals surface area contributed by atoms with Gasteiger partial charge in [-0.15, -0.1) is 0 Å². The van der Waals surface area contributed by atoms with Crippen LogP contribution in [0.4, 0.5) is 0 Å². The van der Waals surface area contributed by atoms with Gasteiger partial charge in [0.05, 0.1) is 6.04 Å². The number of hydrogen-bond donors (Lipinski definition) is 1. The van der Waals surface area contributed by atoms with Crippen LogP contribution in [0, 0.1) is 0 Å². The normalized spacial score (nSPS) is 21.8. The Bertz CT molecular complexity index is 548. The number of piperazine rings is 1. The van der Waals surface area contributed by atoms with Crippen LogP contribution in [-0.2, 0) is 10.2 Å². The Hall–Kier alpha value is -0.660. The van der Waals surface area contributed by atoms with Crippen molar-refractivity contribution in [1.82, 2.24) is 13.9 Å². The Morgan fingerprint density at radius 1 is 1.42 bits per heavy atom. The quantitative estimate of drug-likeness (QED) is 0.909. The molecule has 106 valence electrons. The molecule has 1 fully saturated rings. The average Bonchev–Trinajstić information content (AvgIpc) is 2.38. The number of hydrogen-bond acceptors (Lipinski definition) is 3. The highest BCUT2D eigenvalue weighted by molar-refractivity contribution is 7.86. The molecule has 0 saturated carbocycles. The highest BCUT2D eigenvalue weighted by Gasteiger charge is 2.34. The number of nitrogens with zero attached hydrogens (tertiary/aromatic N) is 2. The maximum atomic E-state index is 12.3. The zero-order chi connectivity index (χ0) is 14.0. The van der Waals surface area contributed by atoms with Crippen molar-refractivity contribution in [2.24, 2.45) is 0 Å². The molecule has 1 atom stereocenters. The van der Waals surface area contributed by atoms with Crippen LogP contribution in [0.25, 0.3) is 0 Å². The Labute approximate surface area is 119 Å². The maximum absolute atomic E-state index is 12.3. The van der Waals surface area contributed by atoms with E-state index in [-0.39, 0.29) is 6.04 Å². The number of rotatable bonds is 3. The SMILES string of the molecule is CN(C)S(=O)(=O)N1CCNCC1c1cccc(Cl)c1. The molecule has 2 rings (SSSR count). The third-order valence-corrected chi connectivity index (χ3v) is 5.37. The molecule has 1 aromatic carbocycles. The minimum Gasteiger partial charge on any atom is -0.313 e. The van der Waals surface area contributed by atoms with E-state index in [9.17, 15) is 8.42 Å². The maximum Gasteiger partial charge on any atom is 0.282 e. The van der Waals surface area contributed by atoms with Crippen molar-refractivity contribution in [3.63, 3.8) is 0 Å². The lowest BCUT2D eigenvalue weighted by Crippen LogP contribution is -2.51. The van der Waals surface area contributed by atoms with Gasteiger partial charge in [-0.25, -0.2) is 0 Å². The van der Waals surface area contributed by atoms with E-state index < -0.39 is 10.2 Å². The molecule has 0 aromatic heterocycles. The van der Waals surface area contributed by atoms with Gasteiger partial charge < -0.3 is 5.32 Å². The summed E-state index contributed by atoms with van der Waals surface area (Å²) in [6.45, 7) is 1.70. The first-order valence-corrected chi connectivity index (χ1v) is 7.86. The predicted molar refractivity (Wildman–Crippen MR) is 76.4 cm³/mol. The van der Waals surface area contributed by atoms with Gasteiger partial charge in [0.25, 0.3) is 10.2 Å². The topological polar surface area (TPSA) is 52.7 Å². The Kier molecular flexibility index (Phi) is 4.47. The van der Waals surface area contributed by atoms with Gasteiger partial charge in [0, 0.05) is 38.8 Å². The zero-order valence-corrected chi connectivity index (χ0v) is 12.6. The molecule has 1 N–H and O–H groups in total. The van der Waals surface area contributed by atoms with E-state index in [1.54, 1.807) is 20.2 Å². The van der Waals surface area contributed by atoms with E-state index in [4.69, 9.17) is 11.6 Å². The molecule has 1 aliphatic heterocycles. The van der Waals surface area contributed by atoms with Crippen molar-refractivity contribution < 1.29 is 8.42 Å². The van der Waals surface area contributed by atoms with Crippen molar-refractivity contribution >= 4 is 21.8 Å². The zero-order valence-electron chi connectivity index (χ0n) is 11.0. The van der Waals surface area contributed by atoms with Gasteiger partial charge in [0.2, 0.25) is 0 Å². The van der Waals surface area contributed by atoms with Gasteiger partial charge in [0.15, 0.2) is 0 Å². The molecular weight excluding hydrogens is 286 g/mol. The van der Waals surface area contributed by atoms with Crippen molar-refractivity contribution in [2.45, 2.75) is 6.04 Å². The van der Waals surface area contributed by atoms with Crippen LogP contribution >= 0.6 is 11.6 Å². The van der Waals surface area contributed by atoms with Gasteiger partial charge in [-0.2, -0.15) is 17.0 Å².